The Bertz CT molecular complexity index is 477. The molecule has 0 aliphatic carbocycles. The van der Waals surface area contributed by atoms with Crippen molar-refractivity contribution >= 4 is 23.6 Å². The lowest BCUT2D eigenvalue weighted by atomic mass is 10.2. The van der Waals surface area contributed by atoms with Gasteiger partial charge in [0.05, 0.1) is 0 Å². The first-order valence-corrected chi connectivity index (χ1v) is 6.00. The average Bonchev–Trinajstić information content (AvgIpc) is 2.35. The van der Waals surface area contributed by atoms with Crippen molar-refractivity contribution in [3.8, 4) is 0 Å². The first-order valence-electron chi connectivity index (χ1n) is 5.63. The van der Waals surface area contributed by atoms with E-state index in [1.54, 1.807) is 18.2 Å². The van der Waals surface area contributed by atoms with Crippen LogP contribution in [0.5, 0.6) is 0 Å². The minimum atomic E-state index is -1.07. The van der Waals surface area contributed by atoms with Gasteiger partial charge in [0.25, 0.3) is 0 Å². The highest BCUT2D eigenvalue weighted by atomic mass is 35.5. The summed E-state index contributed by atoms with van der Waals surface area (Å²) in [5.74, 6) is -1.07. The minimum absolute atomic E-state index is 0.174. The molecule has 0 fully saturated rings. The molecule has 2 amide bonds. The van der Waals surface area contributed by atoms with Crippen molar-refractivity contribution in [1.82, 2.24) is 10.2 Å². The third kappa shape index (κ3) is 5.44. The van der Waals surface area contributed by atoms with Crippen LogP contribution in [0, 0.1) is 0 Å². The summed E-state index contributed by atoms with van der Waals surface area (Å²) < 4.78 is 0. The van der Waals surface area contributed by atoms with Crippen LogP contribution in [-0.2, 0) is 11.3 Å². The Labute approximate surface area is 116 Å². The molecule has 0 radical (unpaired) electrons. The molecular formula is C13H15ClN2O3. The molecule has 0 aliphatic rings. The van der Waals surface area contributed by atoms with Gasteiger partial charge in [-0.3, -0.25) is 4.79 Å². The number of rotatable bonds is 6. The smallest absolute Gasteiger partial charge is 0.323 e. The van der Waals surface area contributed by atoms with Crippen LogP contribution in [0.25, 0.3) is 0 Å². The van der Waals surface area contributed by atoms with Gasteiger partial charge < -0.3 is 15.3 Å². The van der Waals surface area contributed by atoms with Gasteiger partial charge in [-0.25, -0.2) is 4.79 Å². The van der Waals surface area contributed by atoms with Crippen LogP contribution in [-0.4, -0.2) is 35.1 Å². The lowest BCUT2D eigenvalue weighted by Gasteiger charge is -2.19. The van der Waals surface area contributed by atoms with E-state index in [1.165, 1.54) is 6.08 Å². The molecular weight excluding hydrogens is 268 g/mol. The molecule has 0 heterocycles. The van der Waals surface area contributed by atoms with Crippen LogP contribution >= 0.6 is 11.6 Å². The van der Waals surface area contributed by atoms with Gasteiger partial charge in [-0.2, -0.15) is 0 Å². The van der Waals surface area contributed by atoms with Gasteiger partial charge in [0, 0.05) is 18.1 Å². The molecule has 0 aliphatic heterocycles. The Balaban J connectivity index is 2.56. The van der Waals surface area contributed by atoms with E-state index < -0.39 is 12.0 Å². The third-order valence-corrected chi connectivity index (χ3v) is 2.53. The summed E-state index contributed by atoms with van der Waals surface area (Å²) in [6, 6.07) is 6.62. The summed E-state index contributed by atoms with van der Waals surface area (Å²) >= 11 is 5.83. The Morgan fingerprint density at radius 2 is 2.21 bits per heavy atom. The number of carbonyl (C=O) groups is 2. The lowest BCUT2D eigenvalue weighted by Crippen LogP contribution is -2.42. The zero-order chi connectivity index (χ0) is 14.3. The summed E-state index contributed by atoms with van der Waals surface area (Å²) in [6.07, 6.45) is 1.47. The van der Waals surface area contributed by atoms with E-state index in [1.807, 2.05) is 6.07 Å². The number of urea groups is 1. The highest BCUT2D eigenvalue weighted by Gasteiger charge is 2.14. The number of carboxylic acid groups (broad SMARTS) is 1. The van der Waals surface area contributed by atoms with E-state index in [4.69, 9.17) is 16.7 Å². The molecule has 0 spiro atoms. The lowest BCUT2D eigenvalue weighted by molar-refractivity contribution is -0.137. The van der Waals surface area contributed by atoms with E-state index in [0.29, 0.717) is 5.02 Å². The maximum Gasteiger partial charge on any atom is 0.323 e. The van der Waals surface area contributed by atoms with Crippen LogP contribution < -0.4 is 5.32 Å². The molecule has 0 saturated heterocycles. The average molecular weight is 283 g/mol. The number of amides is 2. The van der Waals surface area contributed by atoms with Crippen LogP contribution in [0.2, 0.25) is 5.02 Å². The first kappa shape index (κ1) is 15.0. The van der Waals surface area contributed by atoms with Gasteiger partial charge in [-0.15, -0.1) is 6.58 Å². The predicted molar refractivity (Wildman–Crippen MR) is 73.1 cm³/mol. The normalized spacial score (nSPS) is 9.74. The monoisotopic (exact) mass is 282 g/mol. The molecule has 5 nitrogen and oxygen atoms in total. The molecule has 1 rings (SSSR count). The predicted octanol–water partition coefficient (Wildman–Crippen LogP) is 2.12. The molecule has 2 N–H and O–H groups in total. The van der Waals surface area contributed by atoms with E-state index in [2.05, 4.69) is 11.9 Å². The molecule has 0 atom stereocenters. The Morgan fingerprint density at radius 1 is 1.47 bits per heavy atom. The van der Waals surface area contributed by atoms with Gasteiger partial charge in [0.2, 0.25) is 0 Å². The van der Waals surface area contributed by atoms with Gasteiger partial charge in [0.15, 0.2) is 0 Å². The Morgan fingerprint density at radius 3 is 2.79 bits per heavy atom. The highest BCUT2D eigenvalue weighted by Crippen LogP contribution is 2.10. The summed E-state index contributed by atoms with van der Waals surface area (Å²) in [4.78, 5) is 23.6. The zero-order valence-electron chi connectivity index (χ0n) is 10.3. The summed E-state index contributed by atoms with van der Waals surface area (Å²) in [6.45, 7) is 3.58. The molecule has 1 aromatic carbocycles. The standard InChI is InChI=1S/C13H15ClN2O3/c1-2-6-16(9-12(17)18)13(19)15-8-10-4-3-5-11(14)7-10/h2-5,7H,1,6,8-9H2,(H,15,19)(H,17,18). The first-order chi connectivity index (χ1) is 9.02. The van der Waals surface area contributed by atoms with Crippen molar-refractivity contribution in [3.63, 3.8) is 0 Å². The number of carboxylic acids is 1. The van der Waals surface area contributed by atoms with E-state index in [9.17, 15) is 9.59 Å². The Kier molecular flexibility index (Phi) is 5.89. The van der Waals surface area contributed by atoms with Gasteiger partial charge in [0.1, 0.15) is 6.54 Å². The second-order valence-corrected chi connectivity index (χ2v) is 4.29. The number of hydrogen-bond donors (Lipinski definition) is 2. The molecule has 1 aromatic rings. The van der Waals surface area contributed by atoms with Gasteiger partial charge >= 0.3 is 12.0 Å². The van der Waals surface area contributed by atoms with Crippen molar-refractivity contribution in [2.45, 2.75) is 6.54 Å². The molecule has 6 heteroatoms. The third-order valence-electron chi connectivity index (χ3n) is 2.30. The zero-order valence-corrected chi connectivity index (χ0v) is 11.1. The van der Waals surface area contributed by atoms with Crippen molar-refractivity contribution in [1.29, 1.82) is 0 Å². The summed E-state index contributed by atoms with van der Waals surface area (Å²) in [5, 5.41) is 11.9. The van der Waals surface area contributed by atoms with E-state index in [-0.39, 0.29) is 19.6 Å². The fraction of sp³-hybridized carbons (Fsp3) is 0.231. The number of benzene rings is 1. The summed E-state index contributed by atoms with van der Waals surface area (Å²) in [7, 11) is 0. The quantitative estimate of drug-likeness (QED) is 0.785. The molecule has 102 valence electrons. The van der Waals surface area contributed by atoms with Crippen LogP contribution in [0.3, 0.4) is 0 Å². The molecule has 0 saturated carbocycles. The maximum absolute atomic E-state index is 11.8. The molecule has 0 unspecified atom stereocenters. The molecule has 19 heavy (non-hydrogen) atoms. The van der Waals surface area contributed by atoms with Crippen LogP contribution in [0.1, 0.15) is 5.56 Å². The fourth-order valence-corrected chi connectivity index (χ4v) is 1.69. The summed E-state index contributed by atoms with van der Waals surface area (Å²) in [5.41, 5.74) is 0.842. The topological polar surface area (TPSA) is 69.6 Å². The van der Waals surface area contributed by atoms with Crippen molar-refractivity contribution in [2.24, 2.45) is 0 Å². The van der Waals surface area contributed by atoms with Gasteiger partial charge in [-0.05, 0) is 17.7 Å². The second kappa shape index (κ2) is 7.43. The second-order valence-electron chi connectivity index (χ2n) is 3.85. The minimum Gasteiger partial charge on any atom is -0.480 e. The number of aliphatic carboxylic acids is 1. The van der Waals surface area contributed by atoms with Crippen molar-refractivity contribution < 1.29 is 14.7 Å². The largest absolute Gasteiger partial charge is 0.480 e. The number of halogens is 1. The van der Waals surface area contributed by atoms with Crippen molar-refractivity contribution in [3.05, 3.63) is 47.5 Å². The van der Waals surface area contributed by atoms with E-state index in [0.717, 1.165) is 10.5 Å². The SMILES string of the molecule is C=CCN(CC(=O)O)C(=O)NCc1cccc(Cl)c1. The number of nitrogens with zero attached hydrogens (tertiary/aromatic N) is 1. The fourth-order valence-electron chi connectivity index (χ4n) is 1.47. The Hall–Kier alpha value is -2.01. The number of hydrogen-bond acceptors (Lipinski definition) is 2. The van der Waals surface area contributed by atoms with Gasteiger partial charge in [-0.1, -0.05) is 29.8 Å². The maximum atomic E-state index is 11.8. The molecule has 0 bridgehead atoms. The molecule has 0 aromatic heterocycles. The highest BCUT2D eigenvalue weighted by molar-refractivity contribution is 6.30. The van der Waals surface area contributed by atoms with E-state index >= 15 is 0 Å². The number of carbonyl (C=O) groups excluding carboxylic acids is 1. The van der Waals surface area contributed by atoms with Crippen LogP contribution in [0.4, 0.5) is 4.79 Å². The van der Waals surface area contributed by atoms with Crippen molar-refractivity contribution in [2.75, 3.05) is 13.1 Å². The number of nitrogens with one attached hydrogen (secondary N) is 1. The van der Waals surface area contributed by atoms with Crippen LogP contribution in [0.15, 0.2) is 36.9 Å².